The molecule has 1 aliphatic carbocycles. The van der Waals surface area contributed by atoms with E-state index in [9.17, 15) is 9.59 Å². The molecule has 2 aromatic heterocycles. The van der Waals surface area contributed by atoms with Gasteiger partial charge in [0.05, 0.1) is 39.6 Å². The lowest BCUT2D eigenvalue weighted by Gasteiger charge is -2.09. The van der Waals surface area contributed by atoms with Crippen LogP contribution in [0.3, 0.4) is 0 Å². The molecule has 0 spiro atoms. The highest BCUT2D eigenvalue weighted by molar-refractivity contribution is 6.35. The van der Waals surface area contributed by atoms with E-state index in [0.717, 1.165) is 16.4 Å². The van der Waals surface area contributed by atoms with Gasteiger partial charge in [-0.3, -0.25) is 13.9 Å². The molecular weight excluding hydrogens is 402 g/mol. The summed E-state index contributed by atoms with van der Waals surface area (Å²) < 4.78 is 3.20. The van der Waals surface area contributed by atoms with Crippen LogP contribution in [-0.4, -0.2) is 20.0 Å². The Morgan fingerprint density at radius 2 is 2.03 bits per heavy atom. The predicted octanol–water partition coefficient (Wildman–Crippen LogP) is 3.63. The van der Waals surface area contributed by atoms with E-state index in [-0.39, 0.29) is 23.4 Å². The maximum atomic E-state index is 12.9. The first-order valence-corrected chi connectivity index (χ1v) is 9.82. The first-order chi connectivity index (χ1) is 14.5. The lowest BCUT2D eigenvalue weighted by molar-refractivity contribution is -0.117. The zero-order valence-electron chi connectivity index (χ0n) is 16.0. The topological polar surface area (TPSA) is 92.7 Å². The smallest absolute Gasteiger partial charge is 0.310 e. The van der Waals surface area contributed by atoms with E-state index in [1.165, 1.54) is 0 Å². The lowest BCUT2D eigenvalue weighted by atomic mass is 10.1. The second-order valence-corrected chi connectivity index (χ2v) is 7.86. The monoisotopic (exact) mass is 417 g/mol. The van der Waals surface area contributed by atoms with E-state index in [1.54, 1.807) is 34.5 Å². The summed E-state index contributed by atoms with van der Waals surface area (Å²) in [5, 5.41) is 13.6. The van der Waals surface area contributed by atoms with Crippen molar-refractivity contribution in [2.24, 2.45) is 18.9 Å². The molecule has 2 atom stereocenters. The molecule has 4 aromatic rings. The number of hydrogen-bond acceptors (Lipinski definition) is 4. The molecule has 1 amide bonds. The number of aromatic nitrogens is 3. The van der Waals surface area contributed by atoms with Gasteiger partial charge in [0.1, 0.15) is 5.82 Å². The molecule has 1 saturated carbocycles. The van der Waals surface area contributed by atoms with Crippen LogP contribution < -0.4 is 11.0 Å². The SMILES string of the molecule is Cn1c(=O)n(-c2cc(Cl)c3cnc(NC(=O)[C@@H]4C[C@H]4C#N)cc3c2)c2ccccc21. The molecule has 5 rings (SSSR count). The summed E-state index contributed by atoms with van der Waals surface area (Å²) in [7, 11) is 1.73. The van der Waals surface area contributed by atoms with E-state index in [2.05, 4.69) is 16.4 Å². The zero-order chi connectivity index (χ0) is 21.0. The molecule has 1 N–H and O–H groups in total. The molecular formula is C22H16ClN5O2. The largest absolute Gasteiger partial charge is 0.333 e. The highest BCUT2D eigenvalue weighted by Gasteiger charge is 2.43. The van der Waals surface area contributed by atoms with E-state index in [1.807, 2.05) is 30.3 Å². The van der Waals surface area contributed by atoms with Gasteiger partial charge in [0.25, 0.3) is 0 Å². The van der Waals surface area contributed by atoms with Gasteiger partial charge in [-0.1, -0.05) is 23.7 Å². The molecule has 8 heteroatoms. The number of carbonyl (C=O) groups is 1. The number of rotatable bonds is 3. The predicted molar refractivity (Wildman–Crippen MR) is 115 cm³/mol. The molecule has 0 bridgehead atoms. The quantitative estimate of drug-likeness (QED) is 0.550. The summed E-state index contributed by atoms with van der Waals surface area (Å²) in [4.78, 5) is 29.4. The molecule has 148 valence electrons. The number of hydrogen-bond donors (Lipinski definition) is 1. The number of nitrogens with zero attached hydrogens (tertiary/aromatic N) is 4. The second kappa shape index (κ2) is 6.71. The van der Waals surface area contributed by atoms with Crippen LogP contribution in [0.25, 0.3) is 27.5 Å². The number of nitriles is 1. The van der Waals surface area contributed by atoms with Crippen LogP contribution in [0.4, 0.5) is 5.82 Å². The van der Waals surface area contributed by atoms with Gasteiger partial charge in [-0.15, -0.1) is 0 Å². The van der Waals surface area contributed by atoms with Crippen LogP contribution in [0.5, 0.6) is 0 Å². The fraction of sp³-hybridized carbons (Fsp3) is 0.182. The van der Waals surface area contributed by atoms with Crippen molar-refractivity contribution >= 4 is 45.1 Å². The third-order valence-electron chi connectivity index (χ3n) is 5.54. The number of aryl methyl sites for hydroxylation is 1. The molecule has 0 unspecified atom stereocenters. The normalized spacial score (nSPS) is 17.8. The Labute approximate surface area is 176 Å². The van der Waals surface area contributed by atoms with Crippen LogP contribution >= 0.6 is 11.6 Å². The van der Waals surface area contributed by atoms with Crippen molar-refractivity contribution in [1.29, 1.82) is 5.26 Å². The van der Waals surface area contributed by atoms with E-state index >= 15 is 0 Å². The van der Waals surface area contributed by atoms with Crippen LogP contribution in [0.1, 0.15) is 6.42 Å². The van der Waals surface area contributed by atoms with Gasteiger partial charge in [-0.25, -0.2) is 9.78 Å². The van der Waals surface area contributed by atoms with Crippen LogP contribution in [-0.2, 0) is 11.8 Å². The number of halogens is 1. The van der Waals surface area contributed by atoms with Crippen molar-refractivity contribution in [1.82, 2.24) is 14.1 Å². The van der Waals surface area contributed by atoms with Gasteiger partial charge < -0.3 is 5.32 Å². The van der Waals surface area contributed by atoms with Crippen molar-refractivity contribution in [3.63, 3.8) is 0 Å². The summed E-state index contributed by atoms with van der Waals surface area (Å²) in [6, 6.07) is 15.0. The third-order valence-corrected chi connectivity index (χ3v) is 5.85. The summed E-state index contributed by atoms with van der Waals surface area (Å²) in [5.41, 5.74) is 2.05. The van der Waals surface area contributed by atoms with Crippen molar-refractivity contribution < 1.29 is 4.79 Å². The molecule has 7 nitrogen and oxygen atoms in total. The highest BCUT2D eigenvalue weighted by Crippen LogP contribution is 2.38. The van der Waals surface area contributed by atoms with Crippen molar-refractivity contribution in [2.75, 3.05) is 5.32 Å². The van der Waals surface area contributed by atoms with Crippen molar-refractivity contribution in [2.45, 2.75) is 6.42 Å². The van der Waals surface area contributed by atoms with Crippen LogP contribution in [0.2, 0.25) is 5.02 Å². The number of amides is 1. The average Bonchev–Trinajstić information content (AvgIpc) is 3.49. The maximum absolute atomic E-state index is 12.9. The van der Waals surface area contributed by atoms with E-state index < -0.39 is 0 Å². The Kier molecular flexibility index (Phi) is 4.12. The van der Waals surface area contributed by atoms with Gasteiger partial charge in [0.15, 0.2) is 0 Å². The second-order valence-electron chi connectivity index (χ2n) is 7.45. The Hall–Kier alpha value is -3.63. The fourth-order valence-electron chi connectivity index (χ4n) is 3.78. The molecule has 2 heterocycles. The Morgan fingerprint density at radius 3 is 2.77 bits per heavy atom. The number of benzene rings is 2. The van der Waals surface area contributed by atoms with Gasteiger partial charge in [-0.2, -0.15) is 5.26 Å². The first-order valence-electron chi connectivity index (χ1n) is 9.44. The van der Waals surface area contributed by atoms with Gasteiger partial charge in [-0.05, 0) is 42.1 Å². The molecule has 1 aliphatic rings. The minimum absolute atomic E-state index is 0.175. The van der Waals surface area contributed by atoms with E-state index in [0.29, 0.717) is 28.3 Å². The fourth-order valence-corrected chi connectivity index (χ4v) is 4.05. The number of anilines is 1. The summed E-state index contributed by atoms with van der Waals surface area (Å²) in [5.74, 6) is -0.322. The molecule has 2 aromatic carbocycles. The minimum Gasteiger partial charge on any atom is -0.310 e. The number of pyridine rings is 1. The molecule has 0 radical (unpaired) electrons. The van der Waals surface area contributed by atoms with Crippen LogP contribution in [0.15, 0.2) is 53.5 Å². The van der Waals surface area contributed by atoms with Gasteiger partial charge in [0, 0.05) is 18.6 Å². The Bertz CT molecular complexity index is 1450. The highest BCUT2D eigenvalue weighted by atomic mass is 35.5. The number of nitrogens with one attached hydrogen (secondary N) is 1. The van der Waals surface area contributed by atoms with E-state index in [4.69, 9.17) is 16.9 Å². The zero-order valence-corrected chi connectivity index (χ0v) is 16.7. The van der Waals surface area contributed by atoms with Crippen molar-refractivity contribution in [3.8, 4) is 11.8 Å². The standard InChI is InChI=1S/C22H16ClN5O2/c1-27-18-4-2-3-5-19(18)28(22(27)30)14-6-12-8-20(25-11-16(12)17(23)9-14)26-21(29)15-7-13(15)10-24/h2-6,8-9,11,13,15H,7H2,1H3,(H,25,26,29)/t13-,15+/m0/s1. The third kappa shape index (κ3) is 2.85. The molecule has 1 fully saturated rings. The summed E-state index contributed by atoms with van der Waals surface area (Å²) in [6.45, 7) is 0. The maximum Gasteiger partial charge on any atom is 0.333 e. The van der Waals surface area contributed by atoms with Gasteiger partial charge in [0.2, 0.25) is 5.91 Å². The number of para-hydroxylation sites is 2. The number of imidazole rings is 1. The van der Waals surface area contributed by atoms with Gasteiger partial charge >= 0.3 is 5.69 Å². The number of fused-ring (bicyclic) bond motifs is 2. The Morgan fingerprint density at radius 1 is 1.27 bits per heavy atom. The first kappa shape index (κ1) is 18.4. The Balaban J connectivity index is 1.60. The summed E-state index contributed by atoms with van der Waals surface area (Å²) >= 11 is 6.49. The number of carbonyl (C=O) groups excluding carboxylic acids is 1. The summed E-state index contributed by atoms with van der Waals surface area (Å²) in [6.07, 6.45) is 2.17. The molecule has 30 heavy (non-hydrogen) atoms. The molecule has 0 aliphatic heterocycles. The molecule has 0 saturated heterocycles. The average molecular weight is 418 g/mol. The minimum atomic E-state index is -0.281. The van der Waals surface area contributed by atoms with Crippen molar-refractivity contribution in [3.05, 3.63) is 64.2 Å². The lowest BCUT2D eigenvalue weighted by Crippen LogP contribution is -2.20. The van der Waals surface area contributed by atoms with Crippen LogP contribution in [0, 0.1) is 23.2 Å².